The van der Waals surface area contributed by atoms with Crippen molar-refractivity contribution in [1.29, 1.82) is 0 Å². The Morgan fingerprint density at radius 1 is 0.944 bits per heavy atom. The second-order valence-corrected chi connectivity index (χ2v) is 9.09. The van der Waals surface area contributed by atoms with E-state index in [1.165, 1.54) is 32.5 Å². The smallest absolute Gasteiger partial charge is 0.326 e. The van der Waals surface area contributed by atoms with Gasteiger partial charge >= 0.3 is 12.4 Å². The van der Waals surface area contributed by atoms with Gasteiger partial charge in [-0.15, -0.1) is 0 Å². The normalized spacial score (nSPS) is 20.3. The van der Waals surface area contributed by atoms with Crippen molar-refractivity contribution in [3.05, 3.63) is 81.3 Å². The number of hydrogen-bond donors (Lipinski definition) is 0. The van der Waals surface area contributed by atoms with E-state index in [4.69, 9.17) is 0 Å². The summed E-state index contributed by atoms with van der Waals surface area (Å²) in [7, 11) is 0. The van der Waals surface area contributed by atoms with E-state index in [0.29, 0.717) is 30.7 Å². The van der Waals surface area contributed by atoms with Crippen LogP contribution < -0.4 is 5.56 Å². The number of amides is 1. The first kappa shape index (κ1) is 24.1. The molecule has 36 heavy (non-hydrogen) atoms. The van der Waals surface area contributed by atoms with Gasteiger partial charge in [0.1, 0.15) is 11.4 Å². The van der Waals surface area contributed by atoms with Crippen LogP contribution in [0.4, 0.5) is 26.3 Å². The molecule has 1 fully saturated rings. The minimum absolute atomic E-state index is 0.0340. The molecule has 0 radical (unpaired) electrons. The van der Waals surface area contributed by atoms with Crippen LogP contribution >= 0.6 is 0 Å². The molecule has 5 rings (SSSR count). The molecular formula is C24H20F6N4O2. The Kier molecular flexibility index (Phi) is 5.53. The Balaban J connectivity index is 1.58. The van der Waals surface area contributed by atoms with Crippen LogP contribution in [-0.2, 0) is 18.9 Å². The van der Waals surface area contributed by atoms with E-state index in [1.807, 2.05) is 0 Å². The fourth-order valence-electron chi connectivity index (χ4n) is 5.09. The number of hydrogen-bond acceptors (Lipinski definition) is 3. The lowest BCUT2D eigenvalue weighted by Crippen LogP contribution is -2.54. The molecule has 0 N–H and O–H groups in total. The Labute approximate surface area is 200 Å². The average molecular weight is 510 g/mol. The highest BCUT2D eigenvalue weighted by atomic mass is 19.4. The highest BCUT2D eigenvalue weighted by Crippen LogP contribution is 2.42. The molecule has 2 atom stereocenters. The predicted molar refractivity (Wildman–Crippen MR) is 116 cm³/mol. The molecule has 2 aromatic heterocycles. The third kappa shape index (κ3) is 4.07. The zero-order valence-electron chi connectivity index (χ0n) is 18.9. The van der Waals surface area contributed by atoms with Crippen molar-refractivity contribution >= 4 is 5.91 Å². The molecule has 0 spiro atoms. The van der Waals surface area contributed by atoms with Crippen LogP contribution in [0.25, 0.3) is 5.69 Å². The van der Waals surface area contributed by atoms with Crippen molar-refractivity contribution in [2.45, 2.75) is 57.2 Å². The number of carbonyl (C=O) groups is 1. The number of rotatable bonds is 2. The molecule has 1 saturated heterocycles. The van der Waals surface area contributed by atoms with Crippen LogP contribution in [-0.4, -0.2) is 31.0 Å². The fraction of sp³-hybridized carbons (Fsp3) is 0.375. The van der Waals surface area contributed by atoms with E-state index in [9.17, 15) is 35.9 Å². The summed E-state index contributed by atoms with van der Waals surface area (Å²) in [5.41, 5.74) is -2.50. The molecule has 1 aromatic carbocycles. The number of piperidine rings is 1. The van der Waals surface area contributed by atoms with Crippen LogP contribution in [0, 0.1) is 6.92 Å². The molecule has 0 aliphatic carbocycles. The molecule has 4 heterocycles. The summed E-state index contributed by atoms with van der Waals surface area (Å²) in [6, 6.07) is 2.81. The van der Waals surface area contributed by atoms with Gasteiger partial charge in [0.25, 0.3) is 11.5 Å². The number of imidazole rings is 1. The number of carbonyl (C=O) groups excluding carboxylic acids is 1. The van der Waals surface area contributed by atoms with Crippen molar-refractivity contribution in [3.8, 4) is 5.69 Å². The summed E-state index contributed by atoms with van der Waals surface area (Å²) in [5.74, 6) is -0.604. The van der Waals surface area contributed by atoms with Crippen LogP contribution in [0.5, 0.6) is 0 Å². The molecule has 0 bridgehead atoms. The standard InChI is InChI=1S/C24H20F6N4O2/c1-13-10-32(12-31-13)19-5-6-20-22(36)34-17(11-33(20)21(19)35)3-2-4-18(34)14-7-15(23(25,26)27)9-16(8-14)24(28,29)30/h5-10,12,17-18H,2-4,11H2,1H3. The van der Waals surface area contributed by atoms with Crippen molar-refractivity contribution in [2.24, 2.45) is 0 Å². The number of nitrogens with zero attached hydrogens (tertiary/aromatic N) is 4. The number of fused-ring (bicyclic) bond motifs is 2. The minimum Gasteiger partial charge on any atom is -0.326 e. The van der Waals surface area contributed by atoms with Crippen LogP contribution in [0.1, 0.15) is 58.2 Å². The molecular weight excluding hydrogens is 490 g/mol. The lowest BCUT2D eigenvalue weighted by molar-refractivity contribution is -0.143. The molecule has 190 valence electrons. The first-order chi connectivity index (χ1) is 16.8. The molecule has 2 aliphatic rings. The Hall–Kier alpha value is -3.57. The Morgan fingerprint density at radius 3 is 2.19 bits per heavy atom. The second-order valence-electron chi connectivity index (χ2n) is 9.09. The summed E-state index contributed by atoms with van der Waals surface area (Å²) in [4.78, 5) is 32.1. The van der Waals surface area contributed by atoms with E-state index in [-0.39, 0.29) is 36.0 Å². The van der Waals surface area contributed by atoms with Gasteiger partial charge in [-0.05, 0) is 62.1 Å². The van der Waals surface area contributed by atoms with Crippen molar-refractivity contribution in [1.82, 2.24) is 19.0 Å². The topological polar surface area (TPSA) is 60.1 Å². The summed E-state index contributed by atoms with van der Waals surface area (Å²) in [5, 5.41) is 0. The van der Waals surface area contributed by atoms with Crippen molar-refractivity contribution < 1.29 is 31.1 Å². The summed E-state index contributed by atoms with van der Waals surface area (Å²) in [6.07, 6.45) is -5.70. The van der Waals surface area contributed by atoms with E-state index >= 15 is 0 Å². The highest BCUT2D eigenvalue weighted by molar-refractivity contribution is 5.94. The molecule has 2 aliphatic heterocycles. The fourth-order valence-corrected chi connectivity index (χ4v) is 5.09. The van der Waals surface area contributed by atoms with E-state index in [1.54, 1.807) is 13.1 Å². The molecule has 2 unspecified atom stereocenters. The van der Waals surface area contributed by atoms with Crippen LogP contribution in [0.15, 0.2) is 47.7 Å². The van der Waals surface area contributed by atoms with Gasteiger partial charge in [-0.3, -0.25) is 9.59 Å². The maximum atomic E-state index is 13.5. The molecule has 12 heteroatoms. The number of pyridine rings is 1. The maximum Gasteiger partial charge on any atom is 0.416 e. The van der Waals surface area contributed by atoms with Gasteiger partial charge < -0.3 is 14.0 Å². The van der Waals surface area contributed by atoms with Gasteiger partial charge in [0, 0.05) is 12.7 Å². The third-order valence-corrected chi connectivity index (χ3v) is 6.73. The van der Waals surface area contributed by atoms with E-state index in [0.717, 1.165) is 0 Å². The van der Waals surface area contributed by atoms with E-state index < -0.39 is 47.0 Å². The monoisotopic (exact) mass is 510 g/mol. The number of alkyl halides is 6. The first-order valence-electron chi connectivity index (χ1n) is 11.2. The maximum absolute atomic E-state index is 13.5. The van der Waals surface area contributed by atoms with Crippen molar-refractivity contribution in [2.75, 3.05) is 0 Å². The highest BCUT2D eigenvalue weighted by Gasteiger charge is 2.43. The lowest BCUT2D eigenvalue weighted by Gasteiger charge is -2.46. The third-order valence-electron chi connectivity index (χ3n) is 6.73. The van der Waals surface area contributed by atoms with Crippen molar-refractivity contribution in [3.63, 3.8) is 0 Å². The van der Waals surface area contributed by atoms with Gasteiger partial charge in [0.05, 0.1) is 35.2 Å². The number of benzene rings is 1. The number of aryl methyl sites for hydroxylation is 1. The summed E-state index contributed by atoms with van der Waals surface area (Å²) in [6.45, 7) is 1.84. The lowest BCUT2D eigenvalue weighted by atomic mass is 9.87. The summed E-state index contributed by atoms with van der Waals surface area (Å²) >= 11 is 0. The van der Waals surface area contributed by atoms with Gasteiger partial charge in [-0.1, -0.05) is 0 Å². The van der Waals surface area contributed by atoms with Gasteiger partial charge in [-0.25, -0.2) is 4.98 Å². The molecule has 3 aromatic rings. The number of halogens is 6. The Morgan fingerprint density at radius 2 is 1.61 bits per heavy atom. The minimum atomic E-state index is -4.99. The zero-order valence-corrected chi connectivity index (χ0v) is 18.9. The zero-order chi connectivity index (χ0) is 26.0. The van der Waals surface area contributed by atoms with Gasteiger partial charge in [-0.2, -0.15) is 26.3 Å². The SMILES string of the molecule is Cc1cn(-c2ccc3n(c2=O)CC2CCCC(c4cc(C(F)(F)F)cc(C(F)(F)F)c4)N2C3=O)cn1. The number of aromatic nitrogens is 3. The van der Waals surface area contributed by atoms with Gasteiger partial charge in [0.2, 0.25) is 0 Å². The van der Waals surface area contributed by atoms with Gasteiger partial charge in [0.15, 0.2) is 0 Å². The predicted octanol–water partition coefficient (Wildman–Crippen LogP) is 5.13. The Bertz CT molecular complexity index is 1370. The second kappa shape index (κ2) is 8.24. The average Bonchev–Trinajstić information content (AvgIpc) is 3.24. The summed E-state index contributed by atoms with van der Waals surface area (Å²) < 4.78 is 83.5. The molecule has 6 nitrogen and oxygen atoms in total. The largest absolute Gasteiger partial charge is 0.416 e. The molecule has 0 saturated carbocycles. The first-order valence-corrected chi connectivity index (χ1v) is 11.2. The van der Waals surface area contributed by atoms with Crippen LogP contribution in [0.2, 0.25) is 0 Å². The quantitative estimate of drug-likeness (QED) is 0.450. The van der Waals surface area contributed by atoms with E-state index in [2.05, 4.69) is 4.98 Å². The van der Waals surface area contributed by atoms with Crippen LogP contribution in [0.3, 0.4) is 0 Å². The molecule has 1 amide bonds.